The van der Waals surface area contributed by atoms with Crippen molar-refractivity contribution in [1.29, 1.82) is 0 Å². The number of rotatable bonds is 7. The van der Waals surface area contributed by atoms with E-state index < -0.39 is 16.0 Å². The third kappa shape index (κ3) is 5.03. The number of carboxylic acid groups (broad SMARTS) is 1. The topological polar surface area (TPSA) is 99.6 Å². The molecule has 31 heavy (non-hydrogen) atoms. The molecule has 0 saturated heterocycles. The fraction of sp³-hybridized carbons (Fsp3) is 0.217. The van der Waals surface area contributed by atoms with Gasteiger partial charge < -0.3 is 10.0 Å². The number of carbonyl (C=O) groups is 1. The van der Waals surface area contributed by atoms with E-state index in [4.69, 9.17) is 0 Å². The molecule has 0 bridgehead atoms. The molecule has 0 aliphatic rings. The second kappa shape index (κ2) is 8.77. The van der Waals surface area contributed by atoms with Gasteiger partial charge in [0.15, 0.2) is 0 Å². The quantitative estimate of drug-likeness (QED) is 0.574. The van der Waals surface area contributed by atoms with E-state index in [-0.39, 0.29) is 22.0 Å². The number of aromatic carboxylic acids is 1. The SMILES string of the molecule is Cc1cc(C)c(S(=O)(=O)Nc2cnc(N(C)Cc3ccccc3)c(C(=O)O)c2)c(C)c1. The second-order valence-electron chi connectivity index (χ2n) is 7.58. The highest BCUT2D eigenvalue weighted by Crippen LogP contribution is 2.27. The number of benzene rings is 2. The molecule has 0 unspecified atom stereocenters. The van der Waals surface area contributed by atoms with Gasteiger partial charge in [-0.3, -0.25) is 4.72 Å². The third-order valence-electron chi connectivity index (χ3n) is 4.85. The van der Waals surface area contributed by atoms with Crippen LogP contribution >= 0.6 is 0 Å². The zero-order chi connectivity index (χ0) is 22.8. The summed E-state index contributed by atoms with van der Waals surface area (Å²) in [6, 6.07) is 14.5. The summed E-state index contributed by atoms with van der Waals surface area (Å²) in [6.45, 7) is 5.83. The average Bonchev–Trinajstić information content (AvgIpc) is 2.67. The van der Waals surface area contributed by atoms with Crippen LogP contribution in [0.1, 0.15) is 32.6 Å². The molecule has 0 amide bonds. The molecule has 0 radical (unpaired) electrons. The normalized spacial score (nSPS) is 11.2. The molecular weight excluding hydrogens is 414 g/mol. The number of hydrogen-bond donors (Lipinski definition) is 2. The molecule has 0 aliphatic heterocycles. The van der Waals surface area contributed by atoms with Crippen LogP contribution in [0.4, 0.5) is 11.5 Å². The first-order valence-electron chi connectivity index (χ1n) is 9.67. The van der Waals surface area contributed by atoms with Crippen molar-refractivity contribution in [3.8, 4) is 0 Å². The Labute approximate surface area is 182 Å². The van der Waals surface area contributed by atoms with Crippen LogP contribution in [-0.4, -0.2) is 31.5 Å². The summed E-state index contributed by atoms with van der Waals surface area (Å²) in [5, 5.41) is 9.70. The van der Waals surface area contributed by atoms with Crippen LogP contribution in [-0.2, 0) is 16.6 Å². The first-order valence-corrected chi connectivity index (χ1v) is 11.2. The lowest BCUT2D eigenvalue weighted by atomic mass is 10.1. The minimum Gasteiger partial charge on any atom is -0.478 e. The predicted molar refractivity (Wildman–Crippen MR) is 121 cm³/mol. The van der Waals surface area contributed by atoms with Crippen molar-refractivity contribution >= 4 is 27.5 Å². The molecule has 0 spiro atoms. The van der Waals surface area contributed by atoms with Crippen LogP contribution in [0.15, 0.2) is 59.6 Å². The molecule has 7 nitrogen and oxygen atoms in total. The van der Waals surface area contributed by atoms with Gasteiger partial charge in [0.05, 0.1) is 16.8 Å². The summed E-state index contributed by atoms with van der Waals surface area (Å²) in [4.78, 5) is 18.0. The summed E-state index contributed by atoms with van der Waals surface area (Å²) in [7, 11) is -2.17. The fourth-order valence-electron chi connectivity index (χ4n) is 3.70. The molecule has 0 saturated carbocycles. The number of nitrogens with one attached hydrogen (secondary N) is 1. The van der Waals surface area contributed by atoms with Gasteiger partial charge in [-0.15, -0.1) is 0 Å². The molecule has 3 rings (SSSR count). The molecule has 8 heteroatoms. The van der Waals surface area contributed by atoms with E-state index >= 15 is 0 Å². The van der Waals surface area contributed by atoms with E-state index in [1.165, 1.54) is 12.3 Å². The lowest BCUT2D eigenvalue weighted by molar-refractivity contribution is 0.0697. The molecule has 1 aromatic heterocycles. The summed E-state index contributed by atoms with van der Waals surface area (Å²) >= 11 is 0. The van der Waals surface area contributed by atoms with E-state index in [0.29, 0.717) is 17.7 Å². The van der Waals surface area contributed by atoms with Gasteiger partial charge in [0, 0.05) is 13.6 Å². The highest BCUT2D eigenvalue weighted by Gasteiger charge is 2.22. The van der Waals surface area contributed by atoms with Crippen molar-refractivity contribution in [2.45, 2.75) is 32.2 Å². The standard InChI is InChI=1S/C23H25N3O4S/c1-15-10-16(2)21(17(3)11-15)31(29,30)25-19-12-20(23(27)28)22(24-13-19)26(4)14-18-8-6-5-7-9-18/h5-13,25H,14H2,1-4H3,(H,27,28). The van der Waals surface area contributed by atoms with Gasteiger partial charge in [-0.05, 0) is 43.5 Å². The van der Waals surface area contributed by atoms with Crippen molar-refractivity contribution in [1.82, 2.24) is 4.98 Å². The van der Waals surface area contributed by atoms with Crippen LogP contribution in [0.3, 0.4) is 0 Å². The number of carboxylic acids is 1. The van der Waals surface area contributed by atoms with Crippen LogP contribution in [0, 0.1) is 20.8 Å². The van der Waals surface area contributed by atoms with Crippen molar-refractivity contribution < 1.29 is 18.3 Å². The Hall–Kier alpha value is -3.39. The van der Waals surface area contributed by atoms with Gasteiger partial charge in [0.2, 0.25) is 0 Å². The maximum atomic E-state index is 13.0. The molecule has 0 fully saturated rings. The predicted octanol–water partition coefficient (Wildman–Crippen LogP) is 4.14. The van der Waals surface area contributed by atoms with Crippen molar-refractivity contribution in [3.05, 3.63) is 82.5 Å². The molecule has 162 valence electrons. The Morgan fingerprint density at radius 3 is 2.26 bits per heavy atom. The molecule has 1 heterocycles. The maximum Gasteiger partial charge on any atom is 0.339 e. The van der Waals surface area contributed by atoms with Crippen LogP contribution in [0.5, 0.6) is 0 Å². The van der Waals surface area contributed by atoms with Gasteiger partial charge in [-0.2, -0.15) is 0 Å². The molecule has 2 aromatic carbocycles. The smallest absolute Gasteiger partial charge is 0.339 e. The van der Waals surface area contributed by atoms with Crippen LogP contribution in [0.25, 0.3) is 0 Å². The number of nitrogens with zero attached hydrogens (tertiary/aromatic N) is 2. The number of aromatic nitrogens is 1. The Bertz CT molecular complexity index is 1200. The summed E-state index contributed by atoms with van der Waals surface area (Å²) in [5.74, 6) is -0.937. The number of sulfonamides is 1. The number of anilines is 2. The first kappa shape index (κ1) is 22.3. The van der Waals surface area contributed by atoms with E-state index in [1.807, 2.05) is 37.3 Å². The second-order valence-corrected chi connectivity index (χ2v) is 9.19. The molecule has 0 atom stereocenters. The Kier molecular flexibility index (Phi) is 6.31. The molecule has 2 N–H and O–H groups in total. The van der Waals surface area contributed by atoms with E-state index in [2.05, 4.69) is 9.71 Å². The largest absolute Gasteiger partial charge is 0.478 e. The minimum atomic E-state index is -3.91. The average molecular weight is 440 g/mol. The van der Waals surface area contributed by atoms with Gasteiger partial charge in [-0.25, -0.2) is 18.2 Å². The van der Waals surface area contributed by atoms with Crippen LogP contribution < -0.4 is 9.62 Å². The van der Waals surface area contributed by atoms with Gasteiger partial charge in [0.1, 0.15) is 11.4 Å². The molecular formula is C23H25N3O4S. The van der Waals surface area contributed by atoms with Crippen molar-refractivity contribution in [2.24, 2.45) is 0 Å². The minimum absolute atomic E-state index is 0.0871. The van der Waals surface area contributed by atoms with E-state index in [9.17, 15) is 18.3 Å². The first-order chi connectivity index (χ1) is 14.6. The highest BCUT2D eigenvalue weighted by atomic mass is 32.2. The third-order valence-corrected chi connectivity index (χ3v) is 6.53. The van der Waals surface area contributed by atoms with Crippen molar-refractivity contribution in [3.63, 3.8) is 0 Å². The zero-order valence-corrected chi connectivity index (χ0v) is 18.7. The summed E-state index contributed by atoms with van der Waals surface area (Å²) < 4.78 is 28.5. The number of aryl methyl sites for hydroxylation is 3. The zero-order valence-electron chi connectivity index (χ0n) is 17.9. The Morgan fingerprint density at radius 1 is 1.06 bits per heavy atom. The molecule has 3 aromatic rings. The van der Waals surface area contributed by atoms with Crippen LogP contribution in [0.2, 0.25) is 0 Å². The maximum absolute atomic E-state index is 13.0. The highest BCUT2D eigenvalue weighted by molar-refractivity contribution is 7.92. The summed E-state index contributed by atoms with van der Waals surface area (Å²) in [5.41, 5.74) is 3.21. The van der Waals surface area contributed by atoms with E-state index in [0.717, 1.165) is 11.1 Å². The van der Waals surface area contributed by atoms with Gasteiger partial charge in [0.25, 0.3) is 10.0 Å². The van der Waals surface area contributed by atoms with Crippen molar-refractivity contribution in [2.75, 3.05) is 16.7 Å². The molecule has 0 aliphatic carbocycles. The fourth-order valence-corrected chi connectivity index (χ4v) is 5.19. The monoisotopic (exact) mass is 439 g/mol. The van der Waals surface area contributed by atoms with Gasteiger partial charge in [-0.1, -0.05) is 48.0 Å². The lowest BCUT2D eigenvalue weighted by Crippen LogP contribution is -2.22. The Morgan fingerprint density at radius 2 is 1.68 bits per heavy atom. The summed E-state index contributed by atoms with van der Waals surface area (Å²) in [6.07, 6.45) is 1.33. The van der Waals surface area contributed by atoms with Gasteiger partial charge >= 0.3 is 5.97 Å². The number of pyridine rings is 1. The Balaban J connectivity index is 1.93. The lowest BCUT2D eigenvalue weighted by Gasteiger charge is -2.21. The number of hydrogen-bond acceptors (Lipinski definition) is 5. The van der Waals surface area contributed by atoms with E-state index in [1.54, 1.807) is 37.9 Å².